The van der Waals surface area contributed by atoms with E-state index in [1.807, 2.05) is 48.5 Å². The van der Waals surface area contributed by atoms with E-state index >= 15 is 0 Å². The highest BCUT2D eigenvalue weighted by Gasteiger charge is 2.13. The van der Waals surface area contributed by atoms with Crippen LogP contribution < -0.4 is 10.1 Å². The maximum absolute atomic E-state index is 12.7. The molecule has 0 aliphatic heterocycles. The van der Waals surface area contributed by atoms with E-state index in [9.17, 15) is 4.79 Å². The number of rotatable bonds is 3. The molecule has 5 heterocycles. The van der Waals surface area contributed by atoms with Gasteiger partial charge in [-0.05, 0) is 36.4 Å². The highest BCUT2D eigenvalue weighted by atomic mass is 32.1. The zero-order valence-electron chi connectivity index (χ0n) is 15.2. The van der Waals surface area contributed by atoms with E-state index in [4.69, 9.17) is 4.42 Å². The maximum atomic E-state index is 12.7. The number of nitrogens with zero attached hydrogens (tertiary/aromatic N) is 5. The van der Waals surface area contributed by atoms with Crippen molar-refractivity contribution in [1.29, 1.82) is 0 Å². The Balaban J connectivity index is 1.38. The number of hydrogen-bond donors (Lipinski definition) is 0. The molecular formula is C21H11N5O2S2. The van der Waals surface area contributed by atoms with E-state index in [0.29, 0.717) is 26.8 Å². The molecule has 0 radical (unpaired) electrons. The summed E-state index contributed by atoms with van der Waals surface area (Å²) in [6.07, 6.45) is 5.05. The monoisotopic (exact) mass is 429 g/mol. The van der Waals surface area contributed by atoms with Crippen LogP contribution in [0, 0.1) is 0 Å². The highest BCUT2D eigenvalue weighted by Crippen LogP contribution is 2.31. The van der Waals surface area contributed by atoms with Crippen molar-refractivity contribution in [1.82, 2.24) is 24.6 Å². The maximum Gasteiger partial charge on any atom is 0.291 e. The molecule has 7 nitrogen and oxygen atoms in total. The van der Waals surface area contributed by atoms with Gasteiger partial charge < -0.3 is 4.42 Å². The molecule has 0 aliphatic rings. The van der Waals surface area contributed by atoms with Crippen molar-refractivity contribution < 1.29 is 4.42 Å². The third-order valence-electron chi connectivity index (χ3n) is 4.53. The molecule has 5 aromatic heterocycles. The van der Waals surface area contributed by atoms with Crippen LogP contribution in [0.25, 0.3) is 43.4 Å². The molecule has 0 amide bonds. The summed E-state index contributed by atoms with van der Waals surface area (Å²) >= 11 is 2.85. The number of hydrogen-bond acceptors (Lipinski definition) is 8. The Kier molecular flexibility index (Phi) is 3.83. The van der Waals surface area contributed by atoms with Gasteiger partial charge in [0.05, 0.1) is 10.2 Å². The first kappa shape index (κ1) is 17.2. The van der Waals surface area contributed by atoms with Crippen LogP contribution in [0.1, 0.15) is 5.76 Å². The van der Waals surface area contributed by atoms with Gasteiger partial charge in [0, 0.05) is 24.0 Å². The zero-order chi connectivity index (χ0) is 20.1. The van der Waals surface area contributed by atoms with Crippen molar-refractivity contribution in [3.8, 4) is 22.2 Å². The molecule has 0 saturated heterocycles. The number of para-hydroxylation sites is 1. The summed E-state index contributed by atoms with van der Waals surface area (Å²) in [6.45, 7) is 0. The SMILES string of the molecule is O=c1/c(=C\c2ccc(-c3nc4ccccc4s3)o2)sc2nc(-c3ccncc3)nn12. The molecule has 0 atom stereocenters. The molecular weight excluding hydrogens is 418 g/mol. The Labute approximate surface area is 176 Å². The lowest BCUT2D eigenvalue weighted by Crippen LogP contribution is -2.23. The van der Waals surface area contributed by atoms with Gasteiger partial charge in [0.15, 0.2) is 16.6 Å². The molecule has 144 valence electrons. The quantitative estimate of drug-likeness (QED) is 0.427. The smallest absolute Gasteiger partial charge is 0.291 e. The van der Waals surface area contributed by atoms with E-state index < -0.39 is 0 Å². The van der Waals surface area contributed by atoms with Gasteiger partial charge in [-0.3, -0.25) is 9.78 Å². The van der Waals surface area contributed by atoms with Gasteiger partial charge in [0.25, 0.3) is 5.56 Å². The van der Waals surface area contributed by atoms with Crippen molar-refractivity contribution >= 4 is 43.9 Å². The number of fused-ring (bicyclic) bond motifs is 2. The molecule has 6 rings (SSSR count). The molecule has 0 N–H and O–H groups in total. The first-order chi connectivity index (χ1) is 14.7. The normalized spacial score (nSPS) is 12.3. The summed E-state index contributed by atoms with van der Waals surface area (Å²) in [5.74, 6) is 1.76. The van der Waals surface area contributed by atoms with Gasteiger partial charge in [-0.25, -0.2) is 4.98 Å². The Morgan fingerprint density at radius 3 is 2.67 bits per heavy atom. The van der Waals surface area contributed by atoms with Gasteiger partial charge in [-0.1, -0.05) is 23.5 Å². The fourth-order valence-corrected chi connectivity index (χ4v) is 4.92. The fourth-order valence-electron chi connectivity index (χ4n) is 3.11. The number of aromatic nitrogens is 5. The van der Waals surface area contributed by atoms with Gasteiger partial charge >= 0.3 is 0 Å². The summed E-state index contributed by atoms with van der Waals surface area (Å²) in [5, 5.41) is 5.15. The average Bonchev–Trinajstić information content (AvgIpc) is 3.54. The molecule has 0 fully saturated rings. The largest absolute Gasteiger partial charge is 0.454 e. The van der Waals surface area contributed by atoms with Gasteiger partial charge in [0.1, 0.15) is 10.3 Å². The minimum Gasteiger partial charge on any atom is -0.454 e. The summed E-state index contributed by atoms with van der Waals surface area (Å²) in [4.78, 5) is 26.3. The van der Waals surface area contributed by atoms with Crippen molar-refractivity contribution in [3.05, 3.63) is 81.6 Å². The topological polar surface area (TPSA) is 86.2 Å². The molecule has 30 heavy (non-hydrogen) atoms. The fraction of sp³-hybridized carbons (Fsp3) is 0. The van der Waals surface area contributed by atoms with Crippen LogP contribution in [-0.4, -0.2) is 24.6 Å². The van der Waals surface area contributed by atoms with E-state index in [1.165, 1.54) is 15.9 Å². The van der Waals surface area contributed by atoms with Crippen molar-refractivity contribution in [2.24, 2.45) is 0 Å². The molecule has 9 heteroatoms. The second-order valence-corrected chi connectivity index (χ2v) is 8.51. The first-order valence-electron chi connectivity index (χ1n) is 9.02. The number of benzene rings is 1. The van der Waals surface area contributed by atoms with Crippen LogP contribution in [-0.2, 0) is 0 Å². The van der Waals surface area contributed by atoms with E-state index in [2.05, 4.69) is 20.1 Å². The van der Waals surface area contributed by atoms with Crippen molar-refractivity contribution in [3.63, 3.8) is 0 Å². The molecule has 0 bridgehead atoms. The molecule has 0 spiro atoms. The van der Waals surface area contributed by atoms with Gasteiger partial charge in [-0.15, -0.1) is 16.4 Å². The van der Waals surface area contributed by atoms with E-state index in [0.717, 1.165) is 20.8 Å². The molecule has 0 saturated carbocycles. The average molecular weight is 429 g/mol. The summed E-state index contributed by atoms with van der Waals surface area (Å²) in [6, 6.07) is 15.3. The summed E-state index contributed by atoms with van der Waals surface area (Å²) in [5.41, 5.74) is 1.54. The molecule has 0 unspecified atom stereocenters. The molecule has 1 aromatic carbocycles. The highest BCUT2D eigenvalue weighted by molar-refractivity contribution is 7.21. The summed E-state index contributed by atoms with van der Waals surface area (Å²) in [7, 11) is 0. The van der Waals surface area contributed by atoms with Crippen LogP contribution in [0.4, 0.5) is 0 Å². The minimum atomic E-state index is -0.222. The molecule has 6 aromatic rings. The van der Waals surface area contributed by atoms with E-state index in [-0.39, 0.29) is 5.56 Å². The second kappa shape index (κ2) is 6.68. The Hall–Kier alpha value is -3.69. The summed E-state index contributed by atoms with van der Waals surface area (Å²) < 4.78 is 8.86. The lowest BCUT2D eigenvalue weighted by molar-refractivity contribution is 0.571. The third-order valence-corrected chi connectivity index (χ3v) is 6.54. The van der Waals surface area contributed by atoms with E-state index in [1.54, 1.807) is 29.8 Å². The van der Waals surface area contributed by atoms with Crippen LogP contribution in [0.5, 0.6) is 0 Å². The Bertz CT molecular complexity index is 1600. The Morgan fingerprint density at radius 1 is 0.967 bits per heavy atom. The number of pyridine rings is 1. The predicted molar refractivity (Wildman–Crippen MR) is 116 cm³/mol. The van der Waals surface area contributed by atoms with Crippen molar-refractivity contribution in [2.75, 3.05) is 0 Å². The van der Waals surface area contributed by atoms with Gasteiger partial charge in [0.2, 0.25) is 4.96 Å². The minimum absolute atomic E-state index is 0.222. The van der Waals surface area contributed by atoms with Crippen molar-refractivity contribution in [2.45, 2.75) is 0 Å². The third kappa shape index (κ3) is 2.83. The van der Waals surface area contributed by atoms with Crippen LogP contribution in [0.15, 0.2) is 70.1 Å². The van der Waals surface area contributed by atoms with Crippen LogP contribution in [0.3, 0.4) is 0 Å². The zero-order valence-corrected chi connectivity index (χ0v) is 16.9. The predicted octanol–water partition coefficient (Wildman–Crippen LogP) is 3.63. The Morgan fingerprint density at radius 2 is 1.83 bits per heavy atom. The molecule has 0 aliphatic carbocycles. The lowest BCUT2D eigenvalue weighted by atomic mass is 10.3. The first-order valence-corrected chi connectivity index (χ1v) is 10.7. The van der Waals surface area contributed by atoms with Crippen LogP contribution >= 0.6 is 22.7 Å². The standard InChI is InChI=1S/C21H11N5O2S2/c27-20-17(30-21-24-18(25-26(20)21)12-7-9-22-10-8-12)11-13-5-6-15(28-13)19-23-14-3-1-2-4-16(14)29-19/h1-11H/b17-11+. The number of thiazole rings is 2. The number of furan rings is 1. The van der Waals surface area contributed by atoms with Crippen LogP contribution in [0.2, 0.25) is 0 Å². The lowest BCUT2D eigenvalue weighted by Gasteiger charge is -1.90. The second-order valence-electron chi connectivity index (χ2n) is 6.47. The van der Waals surface area contributed by atoms with Gasteiger partial charge in [-0.2, -0.15) is 9.50 Å².